The van der Waals surface area contributed by atoms with Crippen molar-refractivity contribution in [1.29, 1.82) is 0 Å². The van der Waals surface area contributed by atoms with E-state index in [4.69, 9.17) is 15.2 Å². The van der Waals surface area contributed by atoms with Gasteiger partial charge in [0.25, 0.3) is 0 Å². The molecule has 2 aliphatic rings. The predicted octanol–water partition coefficient (Wildman–Crippen LogP) is 1.21. The Morgan fingerprint density at radius 3 is 2.75 bits per heavy atom. The van der Waals surface area contributed by atoms with E-state index in [9.17, 15) is 4.79 Å². The van der Waals surface area contributed by atoms with Gasteiger partial charge in [-0.2, -0.15) is 0 Å². The van der Waals surface area contributed by atoms with Crippen molar-refractivity contribution in [3.05, 3.63) is 0 Å². The number of nitrogens with one attached hydrogen (secondary N) is 1. The van der Waals surface area contributed by atoms with Gasteiger partial charge >= 0.3 is 0 Å². The van der Waals surface area contributed by atoms with Gasteiger partial charge in [-0.15, -0.1) is 0 Å². The second-order valence-corrected chi connectivity index (χ2v) is 5.97. The highest BCUT2D eigenvalue weighted by Gasteiger charge is 2.21. The van der Waals surface area contributed by atoms with Crippen LogP contribution >= 0.6 is 0 Å². The number of amides is 1. The molecule has 5 heteroatoms. The van der Waals surface area contributed by atoms with E-state index in [0.29, 0.717) is 25.3 Å². The molecule has 1 saturated heterocycles. The number of rotatable bonds is 6. The van der Waals surface area contributed by atoms with Crippen molar-refractivity contribution in [2.75, 3.05) is 26.4 Å². The van der Waals surface area contributed by atoms with Gasteiger partial charge in [-0.25, -0.2) is 0 Å². The van der Waals surface area contributed by atoms with E-state index in [0.717, 1.165) is 58.2 Å². The Morgan fingerprint density at radius 1 is 1.25 bits per heavy atom. The van der Waals surface area contributed by atoms with Crippen LogP contribution in [0.2, 0.25) is 0 Å². The highest BCUT2D eigenvalue weighted by molar-refractivity contribution is 5.78. The van der Waals surface area contributed by atoms with Crippen molar-refractivity contribution < 1.29 is 14.3 Å². The number of ether oxygens (including phenoxy) is 2. The van der Waals surface area contributed by atoms with E-state index in [2.05, 4.69) is 5.32 Å². The first kappa shape index (κ1) is 15.7. The van der Waals surface area contributed by atoms with Crippen molar-refractivity contribution in [3.8, 4) is 0 Å². The summed E-state index contributed by atoms with van der Waals surface area (Å²) in [6.45, 7) is 2.79. The van der Waals surface area contributed by atoms with Crippen LogP contribution in [-0.2, 0) is 14.3 Å². The monoisotopic (exact) mass is 284 g/mol. The van der Waals surface area contributed by atoms with Gasteiger partial charge in [-0.3, -0.25) is 4.79 Å². The third-order valence-corrected chi connectivity index (χ3v) is 4.22. The molecule has 3 N–H and O–H groups in total. The molecule has 1 unspecified atom stereocenters. The standard InChI is InChI=1S/C15H28N2O3/c16-13-4-6-14(7-5-13)20-10-2-8-17-15(18)12-3-1-9-19-11-12/h12-14H,1-11,16H2,(H,17,18). The lowest BCUT2D eigenvalue weighted by Gasteiger charge is -2.26. The summed E-state index contributed by atoms with van der Waals surface area (Å²) in [5.41, 5.74) is 5.86. The van der Waals surface area contributed by atoms with Crippen LogP contribution in [-0.4, -0.2) is 44.4 Å². The van der Waals surface area contributed by atoms with Gasteiger partial charge in [0.05, 0.1) is 18.6 Å². The summed E-state index contributed by atoms with van der Waals surface area (Å²) >= 11 is 0. The lowest BCUT2D eigenvalue weighted by atomic mass is 9.94. The number of nitrogens with two attached hydrogens (primary N) is 1. The summed E-state index contributed by atoms with van der Waals surface area (Å²) in [5.74, 6) is 0.179. The maximum Gasteiger partial charge on any atom is 0.225 e. The minimum absolute atomic E-state index is 0.0458. The van der Waals surface area contributed by atoms with Crippen LogP contribution in [0.5, 0.6) is 0 Å². The number of carbonyl (C=O) groups is 1. The van der Waals surface area contributed by atoms with Crippen LogP contribution in [0, 0.1) is 5.92 Å². The molecule has 0 aromatic carbocycles. The van der Waals surface area contributed by atoms with E-state index in [1.54, 1.807) is 0 Å². The molecule has 1 atom stereocenters. The van der Waals surface area contributed by atoms with Gasteiger partial charge in [0.1, 0.15) is 0 Å². The first-order valence-corrected chi connectivity index (χ1v) is 7.98. The van der Waals surface area contributed by atoms with E-state index >= 15 is 0 Å². The Bertz CT molecular complexity index is 285. The molecular formula is C15H28N2O3. The van der Waals surface area contributed by atoms with Gasteiger partial charge in [0.2, 0.25) is 5.91 Å². The molecule has 0 aromatic heterocycles. The molecule has 2 fully saturated rings. The van der Waals surface area contributed by atoms with Crippen LogP contribution in [0.1, 0.15) is 44.9 Å². The number of carbonyl (C=O) groups excluding carboxylic acids is 1. The molecule has 1 aliphatic carbocycles. The first-order chi connectivity index (χ1) is 9.75. The fraction of sp³-hybridized carbons (Fsp3) is 0.933. The lowest BCUT2D eigenvalue weighted by molar-refractivity contribution is -0.129. The number of hydrogen-bond acceptors (Lipinski definition) is 4. The maximum atomic E-state index is 11.9. The molecule has 1 aliphatic heterocycles. The number of hydrogen-bond donors (Lipinski definition) is 2. The lowest BCUT2D eigenvalue weighted by Crippen LogP contribution is -2.36. The SMILES string of the molecule is NC1CCC(OCCCNC(=O)C2CCCOC2)CC1. The molecular weight excluding hydrogens is 256 g/mol. The van der Waals surface area contributed by atoms with Gasteiger partial charge in [0, 0.05) is 25.8 Å². The van der Waals surface area contributed by atoms with Crippen molar-refractivity contribution in [2.45, 2.75) is 57.1 Å². The van der Waals surface area contributed by atoms with Crippen molar-refractivity contribution in [3.63, 3.8) is 0 Å². The molecule has 0 aromatic rings. The average Bonchev–Trinajstić information content (AvgIpc) is 2.49. The van der Waals surface area contributed by atoms with E-state index in [-0.39, 0.29) is 11.8 Å². The molecule has 2 rings (SSSR count). The molecule has 1 saturated carbocycles. The molecule has 1 amide bonds. The molecule has 116 valence electrons. The van der Waals surface area contributed by atoms with Crippen molar-refractivity contribution in [1.82, 2.24) is 5.32 Å². The normalized spacial score (nSPS) is 30.9. The summed E-state index contributed by atoms with van der Waals surface area (Å²) in [4.78, 5) is 11.9. The highest BCUT2D eigenvalue weighted by Crippen LogP contribution is 2.19. The fourth-order valence-electron chi connectivity index (χ4n) is 2.88. The van der Waals surface area contributed by atoms with Crippen LogP contribution < -0.4 is 11.1 Å². The summed E-state index contributed by atoms with van der Waals surface area (Å²) in [7, 11) is 0. The Hall–Kier alpha value is -0.650. The van der Waals surface area contributed by atoms with Crippen LogP contribution in [0.15, 0.2) is 0 Å². The van der Waals surface area contributed by atoms with Crippen molar-refractivity contribution >= 4 is 5.91 Å². The third-order valence-electron chi connectivity index (χ3n) is 4.22. The minimum Gasteiger partial charge on any atom is -0.381 e. The van der Waals surface area contributed by atoms with Gasteiger partial charge in [-0.05, 0) is 44.9 Å². The highest BCUT2D eigenvalue weighted by atomic mass is 16.5. The predicted molar refractivity (Wildman–Crippen MR) is 77.4 cm³/mol. The second kappa shape index (κ2) is 8.60. The van der Waals surface area contributed by atoms with Crippen LogP contribution in [0.25, 0.3) is 0 Å². The van der Waals surface area contributed by atoms with E-state index in [1.165, 1.54) is 0 Å². The van der Waals surface area contributed by atoms with Crippen LogP contribution in [0.3, 0.4) is 0 Å². The summed E-state index contributed by atoms with van der Waals surface area (Å²) in [5, 5.41) is 2.98. The van der Waals surface area contributed by atoms with Gasteiger partial charge in [-0.1, -0.05) is 0 Å². The van der Waals surface area contributed by atoms with E-state index < -0.39 is 0 Å². The molecule has 1 heterocycles. The first-order valence-electron chi connectivity index (χ1n) is 7.98. The topological polar surface area (TPSA) is 73.6 Å². The Morgan fingerprint density at radius 2 is 2.05 bits per heavy atom. The zero-order valence-electron chi connectivity index (χ0n) is 12.3. The smallest absolute Gasteiger partial charge is 0.225 e. The van der Waals surface area contributed by atoms with Crippen LogP contribution in [0.4, 0.5) is 0 Å². The molecule has 0 spiro atoms. The molecule has 0 bridgehead atoms. The average molecular weight is 284 g/mol. The Labute approximate surface area is 121 Å². The van der Waals surface area contributed by atoms with E-state index in [1.807, 2.05) is 0 Å². The third kappa shape index (κ3) is 5.38. The molecule has 0 radical (unpaired) electrons. The maximum absolute atomic E-state index is 11.9. The Kier molecular flexibility index (Phi) is 6.76. The minimum atomic E-state index is 0.0458. The quantitative estimate of drug-likeness (QED) is 0.719. The largest absolute Gasteiger partial charge is 0.381 e. The Balaban J connectivity index is 1.47. The summed E-state index contributed by atoms with van der Waals surface area (Å²) < 4.78 is 11.1. The van der Waals surface area contributed by atoms with Gasteiger partial charge < -0.3 is 20.5 Å². The fourth-order valence-corrected chi connectivity index (χ4v) is 2.88. The summed E-state index contributed by atoms with van der Waals surface area (Å²) in [6, 6.07) is 0.367. The zero-order valence-corrected chi connectivity index (χ0v) is 12.3. The van der Waals surface area contributed by atoms with Gasteiger partial charge in [0.15, 0.2) is 0 Å². The van der Waals surface area contributed by atoms with Crippen molar-refractivity contribution in [2.24, 2.45) is 11.7 Å². The zero-order chi connectivity index (χ0) is 14.2. The summed E-state index contributed by atoms with van der Waals surface area (Å²) in [6.07, 6.45) is 7.49. The second-order valence-electron chi connectivity index (χ2n) is 5.97. The molecule has 20 heavy (non-hydrogen) atoms. The molecule has 5 nitrogen and oxygen atoms in total.